The van der Waals surface area contributed by atoms with E-state index in [0.717, 1.165) is 16.6 Å². The highest BCUT2D eigenvalue weighted by Gasteiger charge is 2.11. The van der Waals surface area contributed by atoms with Crippen LogP contribution >= 0.6 is 15.9 Å². The number of ether oxygens (including phenoxy) is 1. The van der Waals surface area contributed by atoms with Crippen molar-refractivity contribution in [2.75, 3.05) is 6.61 Å². The number of carbonyl (C=O) groups excluding carboxylic acids is 1. The quantitative estimate of drug-likeness (QED) is 0.836. The first kappa shape index (κ1) is 16.6. The van der Waals surface area contributed by atoms with Crippen LogP contribution < -0.4 is 10.1 Å². The molecular formula is C18H20BrNO2. The molecule has 2 rings (SSSR count). The fraction of sp³-hybridized carbons (Fsp3) is 0.278. The predicted octanol–water partition coefficient (Wildman–Crippen LogP) is 4.21. The SMILES string of the molecule is CCOc1cccc(C(=O)NC(C)Cc2ccc(Br)cc2)c1. The zero-order valence-corrected chi connectivity index (χ0v) is 14.4. The molecule has 4 heteroatoms. The van der Waals surface area contributed by atoms with Gasteiger partial charge >= 0.3 is 0 Å². The summed E-state index contributed by atoms with van der Waals surface area (Å²) in [5.41, 5.74) is 1.81. The molecule has 0 saturated heterocycles. The minimum absolute atomic E-state index is 0.0597. The number of hydrogen-bond acceptors (Lipinski definition) is 2. The molecule has 1 atom stereocenters. The number of carbonyl (C=O) groups is 1. The average Bonchev–Trinajstić information content (AvgIpc) is 2.50. The second-order valence-electron chi connectivity index (χ2n) is 5.17. The Hall–Kier alpha value is -1.81. The third kappa shape index (κ3) is 4.88. The van der Waals surface area contributed by atoms with Crippen LogP contribution in [0.15, 0.2) is 53.0 Å². The van der Waals surface area contributed by atoms with Crippen LogP contribution in [0.1, 0.15) is 29.8 Å². The van der Waals surface area contributed by atoms with Crippen LogP contribution in [0.4, 0.5) is 0 Å². The highest BCUT2D eigenvalue weighted by atomic mass is 79.9. The highest BCUT2D eigenvalue weighted by Crippen LogP contribution is 2.14. The van der Waals surface area contributed by atoms with E-state index in [1.54, 1.807) is 12.1 Å². The van der Waals surface area contributed by atoms with Gasteiger partial charge in [-0.05, 0) is 56.2 Å². The zero-order valence-electron chi connectivity index (χ0n) is 12.8. The molecule has 0 radical (unpaired) electrons. The van der Waals surface area contributed by atoms with E-state index in [1.807, 2.05) is 38.1 Å². The number of benzene rings is 2. The topological polar surface area (TPSA) is 38.3 Å². The van der Waals surface area contributed by atoms with Crippen molar-refractivity contribution >= 4 is 21.8 Å². The fourth-order valence-electron chi connectivity index (χ4n) is 2.23. The van der Waals surface area contributed by atoms with E-state index in [1.165, 1.54) is 5.56 Å². The Balaban J connectivity index is 1.95. The monoisotopic (exact) mass is 361 g/mol. The number of hydrogen-bond donors (Lipinski definition) is 1. The van der Waals surface area contributed by atoms with Crippen LogP contribution in [0.25, 0.3) is 0 Å². The number of nitrogens with one attached hydrogen (secondary N) is 1. The zero-order chi connectivity index (χ0) is 15.9. The maximum Gasteiger partial charge on any atom is 0.251 e. The molecular weight excluding hydrogens is 342 g/mol. The standard InChI is InChI=1S/C18H20BrNO2/c1-3-22-17-6-4-5-15(12-17)18(21)20-13(2)11-14-7-9-16(19)10-8-14/h4-10,12-13H,3,11H2,1-2H3,(H,20,21). The lowest BCUT2D eigenvalue weighted by Crippen LogP contribution is -2.34. The molecule has 1 amide bonds. The first-order valence-corrected chi connectivity index (χ1v) is 8.16. The molecule has 2 aromatic carbocycles. The third-order valence-electron chi connectivity index (χ3n) is 3.24. The number of amides is 1. The number of rotatable bonds is 6. The van der Waals surface area contributed by atoms with Crippen LogP contribution in [0, 0.1) is 0 Å². The van der Waals surface area contributed by atoms with Crippen molar-refractivity contribution in [1.82, 2.24) is 5.32 Å². The lowest BCUT2D eigenvalue weighted by Gasteiger charge is -2.14. The van der Waals surface area contributed by atoms with Gasteiger partial charge in [0.1, 0.15) is 5.75 Å². The van der Waals surface area contributed by atoms with Gasteiger partial charge in [-0.3, -0.25) is 4.79 Å². The van der Waals surface area contributed by atoms with Crippen LogP contribution in [-0.4, -0.2) is 18.6 Å². The van der Waals surface area contributed by atoms with Crippen LogP contribution in [-0.2, 0) is 6.42 Å². The fourth-order valence-corrected chi connectivity index (χ4v) is 2.49. The van der Waals surface area contributed by atoms with Gasteiger partial charge in [0, 0.05) is 16.1 Å². The van der Waals surface area contributed by atoms with E-state index in [2.05, 4.69) is 33.4 Å². The maximum absolute atomic E-state index is 12.3. The molecule has 116 valence electrons. The molecule has 1 N–H and O–H groups in total. The predicted molar refractivity (Wildman–Crippen MR) is 92.4 cm³/mol. The third-order valence-corrected chi connectivity index (χ3v) is 3.77. The molecule has 0 aliphatic carbocycles. The van der Waals surface area contributed by atoms with Crippen molar-refractivity contribution in [1.29, 1.82) is 0 Å². The molecule has 1 unspecified atom stereocenters. The molecule has 0 saturated carbocycles. The largest absolute Gasteiger partial charge is 0.494 e. The Labute approximate surface area is 139 Å². The molecule has 2 aromatic rings. The summed E-state index contributed by atoms with van der Waals surface area (Å²) in [4.78, 5) is 12.3. The normalized spacial score (nSPS) is 11.8. The van der Waals surface area contributed by atoms with Gasteiger partial charge in [-0.2, -0.15) is 0 Å². The van der Waals surface area contributed by atoms with E-state index < -0.39 is 0 Å². The molecule has 0 aliphatic rings. The Morgan fingerprint density at radius 3 is 2.64 bits per heavy atom. The molecule has 0 aliphatic heterocycles. The second kappa shape index (κ2) is 7.99. The molecule has 22 heavy (non-hydrogen) atoms. The molecule has 0 spiro atoms. The van der Waals surface area contributed by atoms with E-state index in [4.69, 9.17) is 4.74 Å². The lowest BCUT2D eigenvalue weighted by molar-refractivity contribution is 0.0939. The van der Waals surface area contributed by atoms with E-state index in [9.17, 15) is 4.79 Å². The van der Waals surface area contributed by atoms with Gasteiger partial charge in [-0.15, -0.1) is 0 Å². The van der Waals surface area contributed by atoms with Crippen LogP contribution in [0.5, 0.6) is 5.75 Å². The van der Waals surface area contributed by atoms with Crippen molar-refractivity contribution in [2.45, 2.75) is 26.3 Å². The summed E-state index contributed by atoms with van der Waals surface area (Å²) in [5, 5.41) is 3.02. The van der Waals surface area contributed by atoms with Crippen LogP contribution in [0.3, 0.4) is 0 Å². The van der Waals surface area contributed by atoms with Gasteiger partial charge in [0.15, 0.2) is 0 Å². The Morgan fingerprint density at radius 1 is 1.23 bits per heavy atom. The Kier molecular flexibility index (Phi) is 6.01. The average molecular weight is 362 g/mol. The lowest BCUT2D eigenvalue weighted by atomic mass is 10.1. The molecule has 0 bridgehead atoms. The first-order chi connectivity index (χ1) is 10.6. The number of halogens is 1. The van der Waals surface area contributed by atoms with Crippen molar-refractivity contribution in [3.05, 3.63) is 64.1 Å². The smallest absolute Gasteiger partial charge is 0.251 e. The summed E-state index contributed by atoms with van der Waals surface area (Å²) in [6.45, 7) is 4.52. The minimum atomic E-state index is -0.0776. The van der Waals surface area contributed by atoms with Crippen molar-refractivity contribution in [3.8, 4) is 5.75 Å². The van der Waals surface area contributed by atoms with Crippen molar-refractivity contribution < 1.29 is 9.53 Å². The van der Waals surface area contributed by atoms with Gasteiger partial charge in [0.05, 0.1) is 6.61 Å². The highest BCUT2D eigenvalue weighted by molar-refractivity contribution is 9.10. The maximum atomic E-state index is 12.3. The van der Waals surface area contributed by atoms with E-state index in [-0.39, 0.29) is 11.9 Å². The van der Waals surface area contributed by atoms with Gasteiger partial charge in [0.2, 0.25) is 0 Å². The van der Waals surface area contributed by atoms with Crippen molar-refractivity contribution in [3.63, 3.8) is 0 Å². The summed E-state index contributed by atoms with van der Waals surface area (Å²) in [7, 11) is 0. The summed E-state index contributed by atoms with van der Waals surface area (Å²) < 4.78 is 6.48. The van der Waals surface area contributed by atoms with Gasteiger partial charge in [-0.1, -0.05) is 34.1 Å². The van der Waals surface area contributed by atoms with Crippen molar-refractivity contribution in [2.24, 2.45) is 0 Å². The summed E-state index contributed by atoms with van der Waals surface area (Å²) >= 11 is 3.42. The summed E-state index contributed by atoms with van der Waals surface area (Å²) in [5.74, 6) is 0.641. The van der Waals surface area contributed by atoms with E-state index in [0.29, 0.717) is 12.2 Å². The molecule has 0 heterocycles. The van der Waals surface area contributed by atoms with Crippen LogP contribution in [0.2, 0.25) is 0 Å². The minimum Gasteiger partial charge on any atom is -0.494 e. The molecule has 3 nitrogen and oxygen atoms in total. The van der Waals surface area contributed by atoms with Gasteiger partial charge in [-0.25, -0.2) is 0 Å². The Morgan fingerprint density at radius 2 is 1.95 bits per heavy atom. The first-order valence-electron chi connectivity index (χ1n) is 7.36. The summed E-state index contributed by atoms with van der Waals surface area (Å²) in [6, 6.07) is 15.4. The molecule has 0 aromatic heterocycles. The second-order valence-corrected chi connectivity index (χ2v) is 6.08. The summed E-state index contributed by atoms with van der Waals surface area (Å²) in [6.07, 6.45) is 0.796. The van der Waals surface area contributed by atoms with Gasteiger partial charge < -0.3 is 10.1 Å². The Bertz CT molecular complexity index is 625. The van der Waals surface area contributed by atoms with E-state index >= 15 is 0 Å². The van der Waals surface area contributed by atoms with Gasteiger partial charge in [0.25, 0.3) is 5.91 Å². The molecule has 0 fully saturated rings.